The number of fused-ring (bicyclic) bond motifs is 4. The van der Waals surface area contributed by atoms with Crippen LogP contribution in [0.15, 0.2) is 89.5 Å². The number of benzene rings is 3. The van der Waals surface area contributed by atoms with Gasteiger partial charge in [-0.25, -0.2) is 9.55 Å². The van der Waals surface area contributed by atoms with E-state index in [9.17, 15) is 0 Å². The number of nitrogens with zero attached hydrogens (tertiary/aromatic N) is 2. The highest BCUT2D eigenvalue weighted by molar-refractivity contribution is 6.11. The molecule has 154 valence electrons. The van der Waals surface area contributed by atoms with Crippen molar-refractivity contribution in [2.75, 3.05) is 0 Å². The van der Waals surface area contributed by atoms with E-state index in [-0.39, 0.29) is 0 Å². The maximum Gasteiger partial charge on any atom is 0.227 e. The van der Waals surface area contributed by atoms with Gasteiger partial charge in [0.2, 0.25) is 11.4 Å². The molecule has 6 rings (SSSR count). The monoisotopic (exact) mass is 418 g/mol. The molecular weight excluding hydrogens is 392 g/mol. The summed E-state index contributed by atoms with van der Waals surface area (Å²) >= 11 is 0. The van der Waals surface area contributed by atoms with Crippen molar-refractivity contribution in [2.45, 2.75) is 13.8 Å². The van der Waals surface area contributed by atoms with Gasteiger partial charge in [0.1, 0.15) is 7.05 Å². The van der Waals surface area contributed by atoms with Crippen LogP contribution < -0.4 is 4.57 Å². The number of furan rings is 1. The third-order valence-corrected chi connectivity index (χ3v) is 6.16. The summed E-state index contributed by atoms with van der Waals surface area (Å²) in [7, 11) is 1.88. The van der Waals surface area contributed by atoms with Crippen LogP contribution in [0, 0.1) is 13.8 Å². The molecule has 0 amide bonds. The number of para-hydroxylation sites is 1. The summed E-state index contributed by atoms with van der Waals surface area (Å²) in [5.74, 6) is 0. The molecule has 0 radical (unpaired) electrons. The molecule has 0 atom stereocenters. The van der Waals surface area contributed by atoms with Gasteiger partial charge >= 0.3 is 0 Å². The fraction of sp³-hybridized carbons (Fsp3) is 0.103. The third kappa shape index (κ3) is 2.82. The summed E-state index contributed by atoms with van der Waals surface area (Å²) in [5.41, 5.74) is 6.95. The minimum Gasteiger partial charge on any atom is -0.437 e. The Morgan fingerprint density at radius 2 is 1.69 bits per heavy atom. The van der Waals surface area contributed by atoms with Gasteiger partial charge in [0.25, 0.3) is 0 Å². The second-order valence-electron chi connectivity index (χ2n) is 8.23. The molecule has 0 aliphatic heterocycles. The van der Waals surface area contributed by atoms with Crippen molar-refractivity contribution < 1.29 is 13.1 Å². The van der Waals surface area contributed by atoms with E-state index in [2.05, 4.69) is 24.3 Å². The second-order valence-corrected chi connectivity index (χ2v) is 8.23. The maximum absolute atomic E-state index is 8.15. The molecular formula is C29H23N2O+. The Morgan fingerprint density at radius 3 is 2.53 bits per heavy atom. The molecule has 3 aromatic heterocycles. The molecule has 3 heteroatoms. The largest absolute Gasteiger partial charge is 0.437 e. The van der Waals surface area contributed by atoms with Gasteiger partial charge in [-0.1, -0.05) is 60.7 Å². The van der Waals surface area contributed by atoms with Crippen molar-refractivity contribution in [2.24, 2.45) is 7.05 Å². The molecule has 0 aliphatic rings. The summed E-state index contributed by atoms with van der Waals surface area (Å²) < 4.78 is 32.7. The Bertz CT molecular complexity index is 1750. The highest BCUT2D eigenvalue weighted by atomic mass is 16.3. The van der Waals surface area contributed by atoms with Crippen LogP contribution in [0.25, 0.3) is 55.4 Å². The third-order valence-electron chi connectivity index (χ3n) is 6.16. The Balaban J connectivity index is 1.68. The average molecular weight is 419 g/mol. The van der Waals surface area contributed by atoms with Crippen LogP contribution in [0.3, 0.4) is 0 Å². The normalized spacial score (nSPS) is 13.4. The summed E-state index contributed by atoms with van der Waals surface area (Å²) in [6, 6.07) is 25.9. The maximum atomic E-state index is 8.15. The molecule has 3 aromatic carbocycles. The number of aromatic nitrogens is 2. The molecule has 0 aliphatic carbocycles. The molecule has 0 fully saturated rings. The molecule has 0 saturated heterocycles. The molecule has 6 aromatic rings. The van der Waals surface area contributed by atoms with Crippen molar-refractivity contribution in [1.82, 2.24) is 4.98 Å². The zero-order valence-electron chi connectivity index (χ0n) is 20.9. The van der Waals surface area contributed by atoms with Crippen molar-refractivity contribution in [3.63, 3.8) is 0 Å². The van der Waals surface area contributed by atoms with Crippen LogP contribution in [-0.4, -0.2) is 4.98 Å². The first-order valence-electron chi connectivity index (χ1n) is 12.1. The zero-order chi connectivity index (χ0) is 24.3. The Kier molecular flexibility index (Phi) is 3.46. The van der Waals surface area contributed by atoms with Crippen molar-refractivity contribution in [1.29, 1.82) is 0 Å². The second kappa shape index (κ2) is 7.03. The Hall–Kier alpha value is -3.98. The van der Waals surface area contributed by atoms with E-state index in [1.54, 1.807) is 6.20 Å². The van der Waals surface area contributed by atoms with Gasteiger partial charge in [-0.15, -0.1) is 0 Å². The molecule has 0 spiro atoms. The van der Waals surface area contributed by atoms with Crippen LogP contribution in [0.4, 0.5) is 0 Å². The van der Waals surface area contributed by atoms with E-state index in [4.69, 9.17) is 13.5 Å². The molecule has 32 heavy (non-hydrogen) atoms. The standard InChI is InChI=1S/C29H23N2O/c1-18-13-14-22-24-15-21-11-7-8-12-25(21)30-29(24)32-28(22)27(18)26-16-23(19(2)17-31(26)3)20-9-5-4-6-10-20/h4-17H,1-3H3/q+1/i2D3. The zero-order valence-corrected chi connectivity index (χ0v) is 17.9. The summed E-state index contributed by atoms with van der Waals surface area (Å²) in [6.45, 7) is -0.197. The number of hydrogen-bond acceptors (Lipinski definition) is 2. The molecule has 3 heterocycles. The van der Waals surface area contributed by atoms with Crippen LogP contribution in [0.2, 0.25) is 0 Å². The summed E-state index contributed by atoms with van der Waals surface area (Å²) in [5, 5.41) is 3.01. The van der Waals surface area contributed by atoms with Gasteiger partial charge in [0.15, 0.2) is 11.8 Å². The van der Waals surface area contributed by atoms with Crippen molar-refractivity contribution >= 4 is 33.0 Å². The van der Waals surface area contributed by atoms with E-state index in [0.717, 1.165) is 49.6 Å². The van der Waals surface area contributed by atoms with Gasteiger partial charge in [-0.2, -0.15) is 0 Å². The van der Waals surface area contributed by atoms with Gasteiger partial charge in [-0.3, -0.25) is 0 Å². The smallest absolute Gasteiger partial charge is 0.227 e. The molecule has 3 nitrogen and oxygen atoms in total. The van der Waals surface area contributed by atoms with E-state index < -0.39 is 6.85 Å². The summed E-state index contributed by atoms with van der Waals surface area (Å²) in [6.07, 6.45) is 1.72. The lowest BCUT2D eigenvalue weighted by Gasteiger charge is -2.10. The number of hydrogen-bond donors (Lipinski definition) is 0. The summed E-state index contributed by atoms with van der Waals surface area (Å²) in [4.78, 5) is 4.77. The number of aryl methyl sites for hydroxylation is 3. The fourth-order valence-electron chi connectivity index (χ4n) is 4.54. The number of pyridine rings is 2. The lowest BCUT2D eigenvalue weighted by atomic mass is 9.96. The molecule has 0 N–H and O–H groups in total. The van der Waals surface area contributed by atoms with Gasteiger partial charge in [-0.05, 0) is 42.6 Å². The van der Waals surface area contributed by atoms with E-state index in [1.807, 2.05) is 73.1 Å². The lowest BCUT2D eigenvalue weighted by molar-refractivity contribution is -0.660. The Morgan fingerprint density at radius 1 is 0.875 bits per heavy atom. The van der Waals surface area contributed by atoms with Crippen LogP contribution in [-0.2, 0) is 7.05 Å². The fourth-order valence-corrected chi connectivity index (χ4v) is 4.54. The molecule has 0 saturated carbocycles. The first-order chi connectivity index (χ1) is 16.8. The van der Waals surface area contributed by atoms with E-state index in [0.29, 0.717) is 16.8 Å². The predicted molar refractivity (Wildman–Crippen MR) is 131 cm³/mol. The predicted octanol–water partition coefficient (Wildman–Crippen LogP) is 6.91. The van der Waals surface area contributed by atoms with Crippen LogP contribution in [0.5, 0.6) is 0 Å². The SMILES string of the molecule is [2H]C([2H])([2H])c1c[n+](C)c(-c2c(C)ccc3c2oc2nc4ccccc4cc23)cc1-c1ccccc1. The minimum absolute atomic E-state index is 0.317. The lowest BCUT2D eigenvalue weighted by Crippen LogP contribution is -2.31. The molecule has 0 unspecified atom stereocenters. The van der Waals surface area contributed by atoms with E-state index >= 15 is 0 Å². The van der Waals surface area contributed by atoms with Gasteiger partial charge in [0, 0.05) is 31.9 Å². The first kappa shape index (κ1) is 15.8. The van der Waals surface area contributed by atoms with Gasteiger partial charge < -0.3 is 4.42 Å². The minimum atomic E-state index is -2.24. The van der Waals surface area contributed by atoms with Crippen molar-refractivity contribution in [3.8, 4) is 22.4 Å². The first-order valence-corrected chi connectivity index (χ1v) is 10.6. The molecule has 0 bridgehead atoms. The quantitative estimate of drug-likeness (QED) is 0.286. The van der Waals surface area contributed by atoms with E-state index in [1.165, 1.54) is 0 Å². The van der Waals surface area contributed by atoms with Crippen molar-refractivity contribution in [3.05, 3.63) is 96.2 Å². The average Bonchev–Trinajstić information content (AvgIpc) is 3.20. The van der Waals surface area contributed by atoms with Gasteiger partial charge in [0.05, 0.1) is 11.1 Å². The number of rotatable bonds is 2. The highest BCUT2D eigenvalue weighted by Crippen LogP contribution is 2.38. The van der Waals surface area contributed by atoms with Crippen LogP contribution in [0.1, 0.15) is 15.2 Å². The van der Waals surface area contributed by atoms with Crippen LogP contribution >= 0.6 is 0 Å². The Labute approximate surface area is 190 Å². The topological polar surface area (TPSA) is 29.9 Å². The highest BCUT2D eigenvalue weighted by Gasteiger charge is 2.23.